The van der Waals surface area contributed by atoms with Crippen LogP contribution in [-0.2, 0) is 22.6 Å². The number of esters is 1. The SMILES string of the molecule is COC(=O)C(Cc1ccc(OCc2cccc(OC)c2)cc1)NC(=O)c1cc2ccc(-c3ccc(Cl)cc3)cc2o1. The second-order valence-electron chi connectivity index (χ2n) is 9.41. The summed E-state index contributed by atoms with van der Waals surface area (Å²) in [6.45, 7) is 0.385. The van der Waals surface area contributed by atoms with Gasteiger partial charge >= 0.3 is 5.97 Å². The molecule has 0 spiro atoms. The number of benzene rings is 4. The largest absolute Gasteiger partial charge is 0.497 e. The van der Waals surface area contributed by atoms with Crippen molar-refractivity contribution in [1.29, 1.82) is 0 Å². The van der Waals surface area contributed by atoms with Gasteiger partial charge in [0.25, 0.3) is 5.91 Å². The first-order chi connectivity index (χ1) is 19.9. The molecule has 1 unspecified atom stereocenters. The zero-order valence-electron chi connectivity index (χ0n) is 22.6. The second kappa shape index (κ2) is 12.6. The van der Waals surface area contributed by atoms with Crippen molar-refractivity contribution in [1.82, 2.24) is 5.32 Å². The maximum atomic E-state index is 13.1. The van der Waals surface area contributed by atoms with E-state index in [2.05, 4.69) is 5.32 Å². The lowest BCUT2D eigenvalue weighted by Crippen LogP contribution is -2.42. The second-order valence-corrected chi connectivity index (χ2v) is 9.84. The van der Waals surface area contributed by atoms with Crippen molar-refractivity contribution in [2.75, 3.05) is 14.2 Å². The maximum absolute atomic E-state index is 13.1. The summed E-state index contributed by atoms with van der Waals surface area (Å²) < 4.78 is 21.9. The first-order valence-electron chi connectivity index (χ1n) is 12.9. The Bertz CT molecular complexity index is 1660. The van der Waals surface area contributed by atoms with Gasteiger partial charge in [-0.15, -0.1) is 0 Å². The molecule has 0 aliphatic rings. The molecule has 1 N–H and O–H groups in total. The minimum absolute atomic E-state index is 0.100. The van der Waals surface area contributed by atoms with E-state index < -0.39 is 17.9 Å². The lowest BCUT2D eigenvalue weighted by atomic mass is 10.0. The summed E-state index contributed by atoms with van der Waals surface area (Å²) in [5, 5.41) is 4.18. The van der Waals surface area contributed by atoms with Gasteiger partial charge in [-0.25, -0.2) is 4.79 Å². The molecule has 8 heteroatoms. The Morgan fingerprint density at radius 1 is 0.829 bits per heavy atom. The van der Waals surface area contributed by atoms with Gasteiger partial charge in [-0.1, -0.05) is 60.1 Å². The number of furan rings is 1. The molecule has 5 rings (SSSR count). The van der Waals surface area contributed by atoms with Gasteiger partial charge in [0.1, 0.15) is 29.7 Å². The zero-order valence-corrected chi connectivity index (χ0v) is 23.3. The molecule has 5 aromatic rings. The van der Waals surface area contributed by atoms with Crippen molar-refractivity contribution in [2.45, 2.75) is 19.1 Å². The van der Waals surface area contributed by atoms with E-state index in [4.69, 9.17) is 30.2 Å². The zero-order chi connectivity index (χ0) is 28.8. The molecule has 0 fully saturated rings. The molecule has 7 nitrogen and oxygen atoms in total. The van der Waals surface area contributed by atoms with Crippen LogP contribution in [0.25, 0.3) is 22.1 Å². The Hall–Kier alpha value is -4.75. The van der Waals surface area contributed by atoms with Crippen LogP contribution in [0.5, 0.6) is 11.5 Å². The fourth-order valence-corrected chi connectivity index (χ4v) is 4.54. The average Bonchev–Trinajstić information content (AvgIpc) is 3.44. The van der Waals surface area contributed by atoms with Crippen LogP contribution in [-0.4, -0.2) is 32.1 Å². The summed E-state index contributed by atoms with van der Waals surface area (Å²) in [7, 11) is 2.91. The first-order valence-corrected chi connectivity index (χ1v) is 13.3. The van der Waals surface area contributed by atoms with Crippen LogP contribution < -0.4 is 14.8 Å². The van der Waals surface area contributed by atoms with E-state index in [1.165, 1.54) is 7.11 Å². The summed E-state index contributed by atoms with van der Waals surface area (Å²) in [4.78, 5) is 25.6. The van der Waals surface area contributed by atoms with Gasteiger partial charge in [0, 0.05) is 16.8 Å². The number of hydrogen-bond donors (Lipinski definition) is 1. The summed E-state index contributed by atoms with van der Waals surface area (Å²) in [5.41, 5.74) is 4.27. The molecule has 1 heterocycles. The Morgan fingerprint density at radius 2 is 1.59 bits per heavy atom. The number of nitrogens with one attached hydrogen (secondary N) is 1. The monoisotopic (exact) mass is 569 g/mol. The average molecular weight is 570 g/mol. The van der Waals surface area contributed by atoms with Crippen molar-refractivity contribution in [3.8, 4) is 22.6 Å². The number of rotatable bonds is 10. The lowest BCUT2D eigenvalue weighted by Gasteiger charge is -2.16. The summed E-state index contributed by atoms with van der Waals surface area (Å²) in [6.07, 6.45) is 0.232. The predicted octanol–water partition coefficient (Wildman–Crippen LogP) is 6.85. The number of ether oxygens (including phenoxy) is 3. The normalized spacial score (nSPS) is 11.6. The minimum Gasteiger partial charge on any atom is -0.497 e. The van der Waals surface area contributed by atoms with Crippen LogP contribution in [0.2, 0.25) is 5.02 Å². The smallest absolute Gasteiger partial charge is 0.328 e. The Morgan fingerprint density at radius 3 is 2.32 bits per heavy atom. The fourth-order valence-electron chi connectivity index (χ4n) is 4.42. The van der Waals surface area contributed by atoms with Gasteiger partial charge in [-0.05, 0) is 70.8 Å². The van der Waals surface area contributed by atoms with Gasteiger partial charge in [-0.2, -0.15) is 0 Å². The predicted molar refractivity (Wildman–Crippen MR) is 157 cm³/mol. The number of methoxy groups -OCH3 is 2. The van der Waals surface area contributed by atoms with Crippen LogP contribution in [0, 0.1) is 0 Å². The van der Waals surface area contributed by atoms with Crippen LogP contribution in [0.3, 0.4) is 0 Å². The van der Waals surface area contributed by atoms with Gasteiger partial charge < -0.3 is 23.9 Å². The summed E-state index contributed by atoms with van der Waals surface area (Å²) in [5.74, 6) is 0.474. The highest BCUT2D eigenvalue weighted by atomic mass is 35.5. The highest BCUT2D eigenvalue weighted by Crippen LogP contribution is 2.28. The summed E-state index contributed by atoms with van der Waals surface area (Å²) >= 11 is 6.00. The number of halogens is 1. The molecule has 0 aliphatic heterocycles. The molecule has 0 radical (unpaired) electrons. The molecule has 4 aromatic carbocycles. The van der Waals surface area contributed by atoms with Gasteiger partial charge in [0.05, 0.1) is 14.2 Å². The summed E-state index contributed by atoms with van der Waals surface area (Å²) in [6, 6.07) is 28.9. The van der Waals surface area contributed by atoms with E-state index in [1.807, 2.05) is 91.0 Å². The van der Waals surface area contributed by atoms with Gasteiger partial charge in [0.15, 0.2) is 5.76 Å². The van der Waals surface area contributed by atoms with E-state index in [0.717, 1.165) is 33.4 Å². The van der Waals surface area contributed by atoms with Crippen molar-refractivity contribution < 1.29 is 28.2 Å². The standard InChI is InChI=1S/C33H28ClNO6/c1-38-28-5-3-4-22(16-28)20-40-27-14-6-21(7-15-27)17-29(33(37)39-2)35-32(36)31-19-25-9-8-24(18-30(25)41-31)23-10-12-26(34)13-11-23/h3-16,18-19,29H,17,20H2,1-2H3,(H,35,36). The van der Waals surface area contributed by atoms with Crippen LogP contribution >= 0.6 is 11.6 Å². The van der Waals surface area contributed by atoms with Crippen molar-refractivity contribution in [3.05, 3.63) is 119 Å². The van der Waals surface area contributed by atoms with Crippen molar-refractivity contribution >= 4 is 34.4 Å². The topological polar surface area (TPSA) is 87.0 Å². The van der Waals surface area contributed by atoms with E-state index in [0.29, 0.717) is 23.0 Å². The fraction of sp³-hybridized carbons (Fsp3) is 0.152. The number of carbonyl (C=O) groups excluding carboxylic acids is 2. The molecule has 1 atom stereocenters. The molecule has 208 valence electrons. The Labute approximate surface area is 242 Å². The molecule has 1 aromatic heterocycles. The molecular weight excluding hydrogens is 542 g/mol. The molecule has 0 saturated carbocycles. The molecule has 0 saturated heterocycles. The quantitative estimate of drug-likeness (QED) is 0.185. The third kappa shape index (κ3) is 6.88. The molecule has 0 aliphatic carbocycles. The van der Waals surface area contributed by atoms with Crippen LogP contribution in [0.15, 0.2) is 101 Å². The van der Waals surface area contributed by atoms with E-state index >= 15 is 0 Å². The number of amides is 1. The third-order valence-electron chi connectivity index (χ3n) is 6.62. The molecular formula is C33H28ClNO6. The Balaban J connectivity index is 1.24. The van der Waals surface area contributed by atoms with E-state index in [1.54, 1.807) is 13.2 Å². The molecule has 1 amide bonds. The minimum atomic E-state index is -0.908. The van der Waals surface area contributed by atoms with Crippen molar-refractivity contribution in [2.24, 2.45) is 0 Å². The highest BCUT2D eigenvalue weighted by Gasteiger charge is 2.24. The lowest BCUT2D eigenvalue weighted by molar-refractivity contribution is -0.142. The maximum Gasteiger partial charge on any atom is 0.328 e. The van der Waals surface area contributed by atoms with Crippen LogP contribution in [0.1, 0.15) is 21.7 Å². The van der Waals surface area contributed by atoms with E-state index in [9.17, 15) is 9.59 Å². The number of carbonyl (C=O) groups is 2. The Kier molecular flexibility index (Phi) is 8.56. The van der Waals surface area contributed by atoms with E-state index in [-0.39, 0.29) is 12.2 Å². The number of fused-ring (bicyclic) bond motifs is 1. The molecule has 0 bridgehead atoms. The van der Waals surface area contributed by atoms with Crippen LogP contribution in [0.4, 0.5) is 0 Å². The molecule has 41 heavy (non-hydrogen) atoms. The highest BCUT2D eigenvalue weighted by molar-refractivity contribution is 6.30. The first kappa shape index (κ1) is 27.8. The van der Waals surface area contributed by atoms with Crippen molar-refractivity contribution in [3.63, 3.8) is 0 Å². The van der Waals surface area contributed by atoms with Gasteiger partial charge in [-0.3, -0.25) is 4.79 Å². The van der Waals surface area contributed by atoms with Gasteiger partial charge in [0.2, 0.25) is 0 Å². The third-order valence-corrected chi connectivity index (χ3v) is 6.87. The number of hydrogen-bond acceptors (Lipinski definition) is 6.